The molecule has 1 aromatic heterocycles. The third-order valence-corrected chi connectivity index (χ3v) is 4.87. The molecule has 0 unspecified atom stereocenters. The molecule has 2 rings (SSSR count). The van der Waals surface area contributed by atoms with Crippen molar-refractivity contribution in [1.29, 1.82) is 0 Å². The molecule has 8 heteroatoms. The van der Waals surface area contributed by atoms with E-state index in [1.54, 1.807) is 0 Å². The van der Waals surface area contributed by atoms with E-state index in [9.17, 15) is 8.42 Å². The fraction of sp³-hybridized carbons (Fsp3) is 0. The summed E-state index contributed by atoms with van der Waals surface area (Å²) >= 11 is 11.4. The highest BCUT2D eigenvalue weighted by Crippen LogP contribution is 2.36. The first kappa shape index (κ1) is 9.20. The van der Waals surface area contributed by atoms with Gasteiger partial charge in [-0.15, -0.1) is 11.3 Å². The van der Waals surface area contributed by atoms with Gasteiger partial charge in [-0.3, -0.25) is 4.72 Å². The van der Waals surface area contributed by atoms with Crippen molar-refractivity contribution < 1.29 is 8.42 Å². The largest absolute Gasteiger partial charge is 0.330 e. The van der Waals surface area contributed by atoms with Gasteiger partial charge < -0.3 is 5.32 Å². The second kappa shape index (κ2) is 2.81. The van der Waals surface area contributed by atoms with Gasteiger partial charge in [-0.25, -0.2) is 8.42 Å². The van der Waals surface area contributed by atoms with Crippen LogP contribution in [0.3, 0.4) is 0 Å². The molecule has 0 amide bonds. The average molecular weight is 255 g/mol. The number of anilines is 1. The van der Waals surface area contributed by atoms with Crippen molar-refractivity contribution in [1.82, 2.24) is 4.72 Å². The molecule has 2 heterocycles. The molecular weight excluding hydrogens is 252 g/mol. The SMILES string of the molecule is O=S1(=O)NC(=S)Nc2cc(Cl)sc21. The van der Waals surface area contributed by atoms with Crippen LogP contribution in [-0.2, 0) is 10.0 Å². The maximum absolute atomic E-state index is 11.4. The third kappa shape index (κ3) is 1.52. The lowest BCUT2D eigenvalue weighted by molar-refractivity contribution is 0.594. The van der Waals surface area contributed by atoms with Gasteiger partial charge in [0.15, 0.2) is 9.32 Å². The highest BCUT2D eigenvalue weighted by molar-refractivity contribution is 7.94. The number of rotatable bonds is 0. The normalized spacial score (nSPS) is 18.7. The van der Waals surface area contributed by atoms with E-state index >= 15 is 0 Å². The smallest absolute Gasteiger partial charge is 0.275 e. The summed E-state index contributed by atoms with van der Waals surface area (Å²) in [5, 5.41) is 2.77. The summed E-state index contributed by atoms with van der Waals surface area (Å²) in [5.41, 5.74) is 0.443. The van der Waals surface area contributed by atoms with Crippen LogP contribution in [-0.4, -0.2) is 13.5 Å². The number of thiophene rings is 1. The van der Waals surface area contributed by atoms with Crippen LogP contribution < -0.4 is 10.0 Å². The Labute approximate surface area is 89.0 Å². The Morgan fingerprint density at radius 3 is 2.92 bits per heavy atom. The predicted octanol–water partition coefficient (Wildman–Crippen LogP) is 1.39. The second-order valence-electron chi connectivity index (χ2n) is 2.31. The number of nitrogens with one attached hydrogen (secondary N) is 2. The molecule has 0 radical (unpaired) electrons. The molecule has 0 aliphatic carbocycles. The Morgan fingerprint density at radius 2 is 2.23 bits per heavy atom. The van der Waals surface area contributed by atoms with E-state index in [-0.39, 0.29) is 9.32 Å². The number of thiocarbonyl (C=S) groups is 1. The molecule has 1 aliphatic heterocycles. The van der Waals surface area contributed by atoms with Crippen LogP contribution in [0.25, 0.3) is 0 Å². The van der Waals surface area contributed by atoms with Gasteiger partial charge in [-0.05, 0) is 18.3 Å². The van der Waals surface area contributed by atoms with Gasteiger partial charge in [-0.1, -0.05) is 11.6 Å². The van der Waals surface area contributed by atoms with E-state index in [1.807, 2.05) is 0 Å². The van der Waals surface area contributed by atoms with Crippen LogP contribution in [0.4, 0.5) is 5.69 Å². The van der Waals surface area contributed by atoms with Crippen molar-refractivity contribution in [3.63, 3.8) is 0 Å². The molecule has 1 aliphatic rings. The number of fused-ring (bicyclic) bond motifs is 1. The maximum atomic E-state index is 11.4. The molecule has 0 saturated carbocycles. The van der Waals surface area contributed by atoms with Crippen molar-refractivity contribution in [2.24, 2.45) is 0 Å². The first-order chi connectivity index (χ1) is 5.99. The van der Waals surface area contributed by atoms with Gasteiger partial charge in [0.25, 0.3) is 10.0 Å². The van der Waals surface area contributed by atoms with Crippen molar-refractivity contribution in [3.8, 4) is 0 Å². The number of hydrogen-bond acceptors (Lipinski definition) is 4. The zero-order valence-corrected chi connectivity index (χ0v) is 9.20. The Hall–Kier alpha value is -0.370. The first-order valence-corrected chi connectivity index (χ1v) is 6.21. The van der Waals surface area contributed by atoms with Crippen molar-refractivity contribution in [2.75, 3.05) is 5.32 Å². The van der Waals surface area contributed by atoms with Crippen LogP contribution in [0.2, 0.25) is 4.34 Å². The minimum Gasteiger partial charge on any atom is -0.330 e. The monoisotopic (exact) mass is 254 g/mol. The van der Waals surface area contributed by atoms with E-state index in [0.29, 0.717) is 10.0 Å². The lowest BCUT2D eigenvalue weighted by atomic mass is 10.5. The molecule has 1 aromatic rings. The summed E-state index contributed by atoms with van der Waals surface area (Å²) in [6.07, 6.45) is 0. The van der Waals surface area contributed by atoms with Crippen molar-refractivity contribution in [2.45, 2.75) is 4.21 Å². The molecule has 13 heavy (non-hydrogen) atoms. The fourth-order valence-corrected chi connectivity index (χ4v) is 4.06. The van der Waals surface area contributed by atoms with E-state index in [1.165, 1.54) is 6.07 Å². The van der Waals surface area contributed by atoms with Crippen molar-refractivity contribution >= 4 is 56.0 Å². The Morgan fingerprint density at radius 1 is 1.54 bits per heavy atom. The molecular formula is C5H3ClN2O2S3. The van der Waals surface area contributed by atoms with Crippen LogP contribution in [0.5, 0.6) is 0 Å². The average Bonchev–Trinajstić information content (AvgIpc) is 2.28. The first-order valence-electron chi connectivity index (χ1n) is 3.12. The molecule has 70 valence electrons. The number of sulfonamides is 1. The van der Waals surface area contributed by atoms with Crippen LogP contribution in [0.1, 0.15) is 0 Å². The molecule has 2 N–H and O–H groups in total. The van der Waals surface area contributed by atoms with Crippen LogP contribution >= 0.6 is 35.2 Å². The molecule has 0 bridgehead atoms. The summed E-state index contributed by atoms with van der Waals surface area (Å²) in [6.45, 7) is 0. The van der Waals surface area contributed by atoms with Crippen LogP contribution in [0.15, 0.2) is 10.3 Å². The number of halogens is 1. The highest BCUT2D eigenvalue weighted by atomic mass is 35.5. The summed E-state index contributed by atoms with van der Waals surface area (Å²) in [4.78, 5) is 0. The fourth-order valence-electron chi connectivity index (χ4n) is 0.948. The molecule has 4 nitrogen and oxygen atoms in total. The molecule has 0 saturated heterocycles. The van der Waals surface area contributed by atoms with Gasteiger partial charge in [0.05, 0.1) is 10.0 Å². The summed E-state index contributed by atoms with van der Waals surface area (Å²) in [5.74, 6) is 0. The van der Waals surface area contributed by atoms with Crippen molar-refractivity contribution in [3.05, 3.63) is 10.4 Å². The zero-order valence-electron chi connectivity index (χ0n) is 6.00. The lowest BCUT2D eigenvalue weighted by Crippen LogP contribution is -2.38. The third-order valence-electron chi connectivity index (χ3n) is 1.39. The Balaban J connectivity index is 2.69. The summed E-state index contributed by atoms with van der Waals surface area (Å²) < 4.78 is 25.6. The minimum absolute atomic E-state index is 0.0713. The van der Waals surface area contributed by atoms with Crippen LogP contribution in [0, 0.1) is 0 Å². The standard InChI is InChI=1S/C5H3ClN2O2S3/c6-3-1-2-4(12-3)13(9,10)8-5(11)7-2/h1H,(H2,7,8,11). The number of hydrogen-bond donors (Lipinski definition) is 2. The molecule has 0 aromatic carbocycles. The quantitative estimate of drug-likeness (QED) is 0.687. The maximum Gasteiger partial charge on any atom is 0.275 e. The molecule has 0 atom stereocenters. The summed E-state index contributed by atoms with van der Waals surface area (Å²) in [6, 6.07) is 1.53. The van der Waals surface area contributed by atoms with Gasteiger partial charge in [0.1, 0.15) is 0 Å². The predicted molar refractivity (Wildman–Crippen MR) is 55.9 cm³/mol. The Bertz CT molecular complexity index is 478. The second-order valence-corrected chi connectivity index (χ2v) is 6.28. The summed E-state index contributed by atoms with van der Waals surface area (Å²) in [7, 11) is -3.49. The molecule has 0 fully saturated rings. The van der Waals surface area contributed by atoms with Gasteiger partial charge >= 0.3 is 0 Å². The van der Waals surface area contributed by atoms with E-state index in [4.69, 9.17) is 23.8 Å². The highest BCUT2D eigenvalue weighted by Gasteiger charge is 2.28. The van der Waals surface area contributed by atoms with E-state index in [0.717, 1.165) is 11.3 Å². The van der Waals surface area contributed by atoms with E-state index in [2.05, 4.69) is 10.0 Å². The zero-order chi connectivity index (χ0) is 9.64. The van der Waals surface area contributed by atoms with E-state index < -0.39 is 10.0 Å². The van der Waals surface area contributed by atoms with Gasteiger partial charge in [-0.2, -0.15) is 0 Å². The molecule has 0 spiro atoms. The van der Waals surface area contributed by atoms with Gasteiger partial charge in [0.2, 0.25) is 0 Å². The Kier molecular flexibility index (Phi) is 1.99. The van der Waals surface area contributed by atoms with Gasteiger partial charge in [0, 0.05) is 0 Å². The lowest BCUT2D eigenvalue weighted by Gasteiger charge is -2.16. The topological polar surface area (TPSA) is 58.2 Å². The minimum atomic E-state index is -3.49.